The van der Waals surface area contributed by atoms with E-state index in [4.69, 9.17) is 3.87 Å². The van der Waals surface area contributed by atoms with Crippen molar-refractivity contribution in [1.82, 2.24) is 0 Å². The maximum absolute atomic E-state index is 13.4. The van der Waals surface area contributed by atoms with Crippen molar-refractivity contribution in [3.8, 4) is 0 Å². The van der Waals surface area contributed by atoms with E-state index < -0.39 is 34.0 Å². The summed E-state index contributed by atoms with van der Waals surface area (Å²) in [4.78, 5) is 0. The minimum Gasteiger partial charge on any atom is -0.306 e. The van der Waals surface area contributed by atoms with Gasteiger partial charge in [0.1, 0.15) is 0 Å². The van der Waals surface area contributed by atoms with E-state index in [0.717, 1.165) is 11.1 Å². The van der Waals surface area contributed by atoms with E-state index in [1.54, 1.807) is 58.9 Å². The first-order valence-corrected chi connectivity index (χ1v) is 12.9. The zero-order valence-electron chi connectivity index (χ0n) is 17.2. The Kier molecular flexibility index (Phi) is 6.43. The average molecular weight is 445 g/mol. The maximum atomic E-state index is 13.4. The summed E-state index contributed by atoms with van der Waals surface area (Å²) in [6, 6.07) is 18.2. The Balaban J connectivity index is 2.83. The van der Waals surface area contributed by atoms with Gasteiger partial charge in [-0.1, -0.05) is 95.3 Å². The maximum Gasteiger partial charge on any atom is 0.522 e. The van der Waals surface area contributed by atoms with Gasteiger partial charge in [-0.05, 0) is 17.2 Å². The molecule has 0 spiro atoms. The van der Waals surface area contributed by atoms with Crippen LogP contribution in [0.1, 0.15) is 45.7 Å². The normalized spacial score (nSPS) is 14.1. The molecule has 0 aromatic heterocycles. The van der Waals surface area contributed by atoms with E-state index in [1.807, 2.05) is 36.4 Å². The Labute approximate surface area is 172 Å². The third-order valence-electron chi connectivity index (χ3n) is 6.04. The molecule has 3 nitrogen and oxygen atoms in total. The molecule has 0 aliphatic carbocycles. The summed E-state index contributed by atoms with van der Waals surface area (Å²) >= 11 is 0. The van der Waals surface area contributed by atoms with Gasteiger partial charge in [-0.25, -0.2) is 0 Å². The molecule has 0 aliphatic heterocycles. The highest BCUT2D eigenvalue weighted by atomic mass is 32.2. The molecule has 2 rings (SSSR count). The highest BCUT2D eigenvalue weighted by molar-refractivity contribution is 7.88. The van der Waals surface area contributed by atoms with Crippen molar-refractivity contribution in [2.75, 3.05) is 0 Å². The summed E-state index contributed by atoms with van der Waals surface area (Å²) < 4.78 is 70.1. The molecule has 0 saturated heterocycles. The van der Waals surface area contributed by atoms with E-state index in [9.17, 15) is 21.6 Å². The number of hydrogen-bond donors (Lipinski definition) is 0. The summed E-state index contributed by atoms with van der Waals surface area (Å²) in [5, 5.41) is -1.89. The molecule has 0 heterocycles. The summed E-state index contributed by atoms with van der Waals surface area (Å²) in [5.74, 6) is 0. The van der Waals surface area contributed by atoms with Gasteiger partial charge in [-0.15, -0.1) is 0 Å². The van der Waals surface area contributed by atoms with Crippen LogP contribution in [0.5, 0.6) is 0 Å². The van der Waals surface area contributed by atoms with Gasteiger partial charge in [0.2, 0.25) is 8.32 Å². The molecule has 8 heteroatoms. The fourth-order valence-corrected chi connectivity index (χ4v) is 13.0. The van der Waals surface area contributed by atoms with Gasteiger partial charge in [0, 0.05) is 10.1 Å². The lowest BCUT2D eigenvalue weighted by molar-refractivity contribution is -0.0507. The van der Waals surface area contributed by atoms with E-state index in [-0.39, 0.29) is 6.04 Å². The van der Waals surface area contributed by atoms with Gasteiger partial charge in [0.15, 0.2) is 0 Å². The molecule has 0 bridgehead atoms. The van der Waals surface area contributed by atoms with Crippen LogP contribution >= 0.6 is 0 Å². The largest absolute Gasteiger partial charge is 0.522 e. The Morgan fingerprint density at radius 1 is 0.793 bits per heavy atom. The first-order valence-electron chi connectivity index (χ1n) is 9.36. The standard InChI is InChI=1S/C21H27F3O3SSi/c1-6-29(27-28(25,26)21(22,23)24,19(2,3)17-13-9-7-10-14-17)20(4,5)18-15-11-8-12-16-18/h7-16H,6H2,1-5H3. The van der Waals surface area contributed by atoms with E-state index in [0.29, 0.717) is 0 Å². The number of alkyl halides is 3. The van der Waals surface area contributed by atoms with Crippen molar-refractivity contribution < 1.29 is 25.5 Å². The first-order chi connectivity index (χ1) is 13.2. The van der Waals surface area contributed by atoms with Crippen LogP contribution in [0.4, 0.5) is 13.2 Å². The van der Waals surface area contributed by atoms with Gasteiger partial charge in [0.05, 0.1) is 0 Å². The molecule has 2 aromatic rings. The molecular weight excluding hydrogens is 417 g/mol. The van der Waals surface area contributed by atoms with Gasteiger partial charge in [0.25, 0.3) is 0 Å². The second kappa shape index (κ2) is 7.89. The Hall–Kier alpha value is -1.64. The molecular formula is C21H27F3O3SSi. The second-order valence-corrected chi connectivity index (χ2v) is 15.0. The fraction of sp³-hybridized carbons (Fsp3) is 0.429. The van der Waals surface area contributed by atoms with E-state index in [1.165, 1.54) is 0 Å². The Morgan fingerprint density at radius 3 is 1.41 bits per heavy atom. The van der Waals surface area contributed by atoms with Crippen LogP contribution in [-0.4, -0.2) is 22.2 Å². The van der Waals surface area contributed by atoms with Gasteiger partial charge in [-0.2, -0.15) is 21.6 Å². The minimum atomic E-state index is -5.79. The monoisotopic (exact) mass is 444 g/mol. The lowest BCUT2D eigenvalue weighted by Gasteiger charge is -2.52. The summed E-state index contributed by atoms with van der Waals surface area (Å²) in [6.45, 7) is 8.86. The minimum absolute atomic E-state index is 0.173. The van der Waals surface area contributed by atoms with Crippen molar-refractivity contribution in [2.45, 2.75) is 56.2 Å². The lowest BCUT2D eigenvalue weighted by atomic mass is 10.0. The second-order valence-electron chi connectivity index (χ2n) is 8.15. The van der Waals surface area contributed by atoms with E-state index >= 15 is 0 Å². The van der Waals surface area contributed by atoms with Gasteiger partial charge < -0.3 is 3.87 Å². The highest BCUT2D eigenvalue weighted by Crippen LogP contribution is 2.50. The van der Waals surface area contributed by atoms with Crippen LogP contribution in [0.25, 0.3) is 0 Å². The Bertz CT molecular complexity index is 873. The van der Waals surface area contributed by atoms with Crippen LogP contribution in [-0.2, 0) is 24.1 Å². The molecule has 2 aromatic carbocycles. The molecule has 0 atom stereocenters. The SMILES string of the molecule is CC[Si](OS(=O)(=O)C(F)(F)F)(C(C)(C)c1ccccc1)C(C)(C)c1ccccc1. The van der Waals surface area contributed by atoms with Crippen LogP contribution in [0.3, 0.4) is 0 Å². The molecule has 0 unspecified atom stereocenters. The lowest BCUT2D eigenvalue weighted by Crippen LogP contribution is -2.67. The highest BCUT2D eigenvalue weighted by Gasteiger charge is 2.64. The van der Waals surface area contributed by atoms with Crippen LogP contribution in [0, 0.1) is 0 Å². The molecule has 29 heavy (non-hydrogen) atoms. The van der Waals surface area contributed by atoms with Crippen molar-refractivity contribution in [1.29, 1.82) is 0 Å². The third kappa shape index (κ3) is 4.02. The molecule has 0 radical (unpaired) electrons. The van der Waals surface area contributed by atoms with Crippen molar-refractivity contribution in [3.63, 3.8) is 0 Å². The fourth-order valence-electron chi connectivity index (χ4n) is 4.34. The predicted molar refractivity (Wildman–Crippen MR) is 111 cm³/mol. The molecule has 0 N–H and O–H groups in total. The topological polar surface area (TPSA) is 43.4 Å². The molecule has 160 valence electrons. The van der Waals surface area contributed by atoms with Crippen LogP contribution in [0.15, 0.2) is 60.7 Å². The number of rotatable bonds is 7. The van der Waals surface area contributed by atoms with Crippen molar-refractivity contribution in [2.24, 2.45) is 0 Å². The number of hydrogen-bond acceptors (Lipinski definition) is 3. The smallest absolute Gasteiger partial charge is 0.306 e. The molecule has 0 amide bonds. The average Bonchev–Trinajstić information content (AvgIpc) is 2.66. The van der Waals surface area contributed by atoms with Crippen molar-refractivity contribution in [3.05, 3.63) is 71.8 Å². The zero-order valence-corrected chi connectivity index (χ0v) is 19.1. The van der Waals surface area contributed by atoms with E-state index in [2.05, 4.69) is 0 Å². The van der Waals surface area contributed by atoms with Gasteiger partial charge in [-0.3, -0.25) is 0 Å². The summed E-state index contributed by atoms with van der Waals surface area (Å²) in [7, 11) is -9.55. The van der Waals surface area contributed by atoms with Crippen LogP contribution < -0.4 is 0 Å². The first kappa shape index (κ1) is 23.6. The molecule has 0 fully saturated rings. The summed E-state index contributed by atoms with van der Waals surface area (Å²) in [6.07, 6.45) is 0. The predicted octanol–water partition coefficient (Wildman–Crippen LogP) is 5.85. The summed E-state index contributed by atoms with van der Waals surface area (Å²) in [5.41, 5.74) is -4.00. The molecule has 0 aliphatic rings. The van der Waals surface area contributed by atoms with Crippen molar-refractivity contribution >= 4 is 18.4 Å². The van der Waals surface area contributed by atoms with Crippen LogP contribution in [0.2, 0.25) is 6.04 Å². The number of halogens is 3. The molecule has 0 saturated carbocycles. The third-order valence-corrected chi connectivity index (χ3v) is 14.2. The Morgan fingerprint density at radius 2 is 1.14 bits per heavy atom. The van der Waals surface area contributed by atoms with Gasteiger partial charge >= 0.3 is 15.6 Å². The quantitative estimate of drug-likeness (QED) is 0.397. The zero-order chi connectivity index (χ0) is 22.1. The number of benzene rings is 2.